The summed E-state index contributed by atoms with van der Waals surface area (Å²) in [5, 5.41) is 8.60. The average molecular weight is 183 g/mol. The van der Waals surface area contributed by atoms with Crippen molar-refractivity contribution >= 4 is 5.97 Å². The average Bonchev–Trinajstić information content (AvgIpc) is 2.08. The fraction of sp³-hybridized carbons (Fsp3) is 0.333. The predicted octanol–water partition coefficient (Wildman–Crippen LogP) is 1.48. The third-order valence-corrected chi connectivity index (χ3v) is 1.73. The van der Waals surface area contributed by atoms with Crippen molar-refractivity contribution in [2.24, 2.45) is 5.92 Å². The van der Waals surface area contributed by atoms with Gasteiger partial charge in [-0.25, -0.2) is 4.39 Å². The molecule has 1 heterocycles. The minimum Gasteiger partial charge on any atom is -0.481 e. The molecule has 0 aliphatic rings. The Balaban J connectivity index is 2.64. The minimum atomic E-state index is -0.869. The molecule has 0 aromatic carbocycles. The molecule has 0 amide bonds. The van der Waals surface area contributed by atoms with Gasteiger partial charge in [-0.05, 0) is 12.1 Å². The third-order valence-electron chi connectivity index (χ3n) is 1.73. The minimum absolute atomic E-state index is 0.329. The summed E-state index contributed by atoms with van der Waals surface area (Å²) < 4.78 is 12.4. The topological polar surface area (TPSA) is 50.2 Å². The summed E-state index contributed by atoms with van der Waals surface area (Å²) in [6, 6.07) is 2.77. The van der Waals surface area contributed by atoms with Gasteiger partial charge in [0, 0.05) is 12.1 Å². The van der Waals surface area contributed by atoms with Crippen LogP contribution in [0.1, 0.15) is 12.6 Å². The molecule has 3 nitrogen and oxygen atoms in total. The molecule has 0 bridgehead atoms. The van der Waals surface area contributed by atoms with Gasteiger partial charge < -0.3 is 5.11 Å². The smallest absolute Gasteiger partial charge is 0.306 e. The summed E-state index contributed by atoms with van der Waals surface area (Å²) >= 11 is 0. The maximum absolute atomic E-state index is 12.4. The zero-order valence-electron chi connectivity index (χ0n) is 7.20. The summed E-state index contributed by atoms with van der Waals surface area (Å²) in [5.41, 5.74) is 0.594. The SMILES string of the molecule is CC(Cc1ccc(F)cn1)C(=O)O. The van der Waals surface area contributed by atoms with Gasteiger partial charge in [-0.2, -0.15) is 0 Å². The summed E-state index contributed by atoms with van der Waals surface area (Å²) in [6.45, 7) is 1.59. The van der Waals surface area contributed by atoms with Crippen molar-refractivity contribution in [2.75, 3.05) is 0 Å². The van der Waals surface area contributed by atoms with Crippen LogP contribution in [-0.2, 0) is 11.2 Å². The Morgan fingerprint density at radius 3 is 2.85 bits per heavy atom. The number of aromatic nitrogens is 1. The zero-order chi connectivity index (χ0) is 9.84. The number of halogens is 1. The fourth-order valence-corrected chi connectivity index (χ4v) is 0.928. The van der Waals surface area contributed by atoms with Gasteiger partial charge in [0.25, 0.3) is 0 Å². The fourth-order valence-electron chi connectivity index (χ4n) is 0.928. The molecule has 0 saturated carbocycles. The maximum atomic E-state index is 12.4. The van der Waals surface area contributed by atoms with Crippen molar-refractivity contribution in [3.05, 3.63) is 29.8 Å². The molecule has 1 rings (SSSR count). The highest BCUT2D eigenvalue weighted by Gasteiger charge is 2.11. The number of carbonyl (C=O) groups is 1. The third kappa shape index (κ3) is 2.82. The molecule has 1 unspecified atom stereocenters. The Morgan fingerprint density at radius 2 is 2.38 bits per heavy atom. The monoisotopic (exact) mass is 183 g/mol. The van der Waals surface area contributed by atoms with E-state index in [1.54, 1.807) is 6.92 Å². The maximum Gasteiger partial charge on any atom is 0.306 e. The second kappa shape index (κ2) is 3.98. The van der Waals surface area contributed by atoms with Crippen molar-refractivity contribution in [2.45, 2.75) is 13.3 Å². The highest BCUT2D eigenvalue weighted by molar-refractivity contribution is 5.69. The number of hydrogen-bond acceptors (Lipinski definition) is 2. The van der Waals surface area contributed by atoms with Crippen LogP contribution in [0.3, 0.4) is 0 Å². The second-order valence-electron chi connectivity index (χ2n) is 2.91. The highest BCUT2D eigenvalue weighted by Crippen LogP contribution is 2.06. The van der Waals surface area contributed by atoms with Crippen LogP contribution in [0.5, 0.6) is 0 Å². The van der Waals surface area contributed by atoms with Gasteiger partial charge in [-0.3, -0.25) is 9.78 Å². The van der Waals surface area contributed by atoms with E-state index in [0.717, 1.165) is 6.20 Å². The molecule has 13 heavy (non-hydrogen) atoms. The molecule has 1 atom stereocenters. The number of carboxylic acids is 1. The van der Waals surface area contributed by atoms with Crippen LogP contribution in [0.25, 0.3) is 0 Å². The molecule has 1 N–H and O–H groups in total. The first kappa shape index (κ1) is 9.64. The molecule has 1 aromatic rings. The van der Waals surface area contributed by atoms with Gasteiger partial charge in [0.1, 0.15) is 5.82 Å². The number of aliphatic carboxylic acids is 1. The number of rotatable bonds is 3. The van der Waals surface area contributed by atoms with E-state index < -0.39 is 17.7 Å². The number of hydrogen-bond donors (Lipinski definition) is 1. The van der Waals surface area contributed by atoms with Gasteiger partial charge in [-0.15, -0.1) is 0 Å². The van der Waals surface area contributed by atoms with E-state index in [4.69, 9.17) is 5.11 Å². The van der Waals surface area contributed by atoms with Crippen LogP contribution in [0.15, 0.2) is 18.3 Å². The molecule has 0 aliphatic heterocycles. The Labute approximate surface area is 75.2 Å². The Bertz CT molecular complexity index is 297. The van der Waals surface area contributed by atoms with Gasteiger partial charge in [0.15, 0.2) is 0 Å². The molecule has 0 fully saturated rings. The van der Waals surface area contributed by atoms with Crippen molar-refractivity contribution in [1.82, 2.24) is 4.98 Å². The van der Waals surface area contributed by atoms with Crippen molar-refractivity contribution in [3.8, 4) is 0 Å². The van der Waals surface area contributed by atoms with Crippen molar-refractivity contribution in [1.29, 1.82) is 0 Å². The number of nitrogens with zero attached hydrogens (tertiary/aromatic N) is 1. The molecule has 70 valence electrons. The van der Waals surface area contributed by atoms with Crippen LogP contribution in [0.4, 0.5) is 4.39 Å². The van der Waals surface area contributed by atoms with E-state index >= 15 is 0 Å². The van der Waals surface area contributed by atoms with Crippen LogP contribution in [0.2, 0.25) is 0 Å². The molecule has 0 aliphatic carbocycles. The van der Waals surface area contributed by atoms with Gasteiger partial charge in [-0.1, -0.05) is 6.92 Å². The van der Waals surface area contributed by atoms with E-state index in [9.17, 15) is 9.18 Å². The standard InChI is InChI=1S/C9H10FNO2/c1-6(9(12)13)4-8-3-2-7(10)5-11-8/h2-3,5-6H,4H2,1H3,(H,12,13). The van der Waals surface area contributed by atoms with E-state index in [1.165, 1.54) is 12.1 Å². The van der Waals surface area contributed by atoms with Gasteiger partial charge in [0.2, 0.25) is 0 Å². The lowest BCUT2D eigenvalue weighted by atomic mass is 10.1. The normalized spacial score (nSPS) is 12.5. The molecular weight excluding hydrogens is 173 g/mol. The van der Waals surface area contributed by atoms with Crippen molar-refractivity contribution in [3.63, 3.8) is 0 Å². The summed E-state index contributed by atoms with van der Waals surface area (Å²) in [7, 11) is 0. The second-order valence-corrected chi connectivity index (χ2v) is 2.91. The van der Waals surface area contributed by atoms with Crippen LogP contribution < -0.4 is 0 Å². The summed E-state index contributed by atoms with van der Waals surface area (Å²) in [6.07, 6.45) is 1.42. The van der Waals surface area contributed by atoms with Gasteiger partial charge in [0.05, 0.1) is 12.1 Å². The number of carboxylic acid groups (broad SMARTS) is 1. The molecule has 4 heteroatoms. The first-order valence-electron chi connectivity index (χ1n) is 3.93. The first-order chi connectivity index (χ1) is 6.09. The van der Waals surface area contributed by atoms with Gasteiger partial charge >= 0.3 is 5.97 Å². The van der Waals surface area contributed by atoms with E-state index in [1.807, 2.05) is 0 Å². The highest BCUT2D eigenvalue weighted by atomic mass is 19.1. The van der Waals surface area contributed by atoms with E-state index in [-0.39, 0.29) is 0 Å². The van der Waals surface area contributed by atoms with Crippen molar-refractivity contribution < 1.29 is 14.3 Å². The lowest BCUT2D eigenvalue weighted by molar-refractivity contribution is -0.141. The van der Waals surface area contributed by atoms with Crippen LogP contribution in [-0.4, -0.2) is 16.1 Å². The van der Waals surface area contributed by atoms with Crippen LogP contribution >= 0.6 is 0 Å². The Kier molecular flexibility index (Phi) is 2.95. The lowest BCUT2D eigenvalue weighted by Crippen LogP contribution is -2.12. The zero-order valence-corrected chi connectivity index (χ0v) is 7.20. The summed E-state index contributed by atoms with van der Waals surface area (Å²) in [5.74, 6) is -1.77. The predicted molar refractivity (Wildman–Crippen MR) is 44.7 cm³/mol. The molecule has 0 spiro atoms. The molecular formula is C9H10FNO2. The molecule has 0 saturated heterocycles. The summed E-state index contributed by atoms with van der Waals surface area (Å²) in [4.78, 5) is 14.2. The van der Waals surface area contributed by atoms with E-state index in [2.05, 4.69) is 4.98 Å². The Hall–Kier alpha value is -1.45. The molecule has 1 aromatic heterocycles. The lowest BCUT2D eigenvalue weighted by Gasteiger charge is -2.04. The number of pyridine rings is 1. The Morgan fingerprint density at radius 1 is 1.69 bits per heavy atom. The van der Waals surface area contributed by atoms with E-state index in [0.29, 0.717) is 12.1 Å². The molecule has 0 radical (unpaired) electrons. The quantitative estimate of drug-likeness (QED) is 0.772. The largest absolute Gasteiger partial charge is 0.481 e. The van der Waals surface area contributed by atoms with Crippen LogP contribution in [0, 0.1) is 11.7 Å². The first-order valence-corrected chi connectivity index (χ1v) is 3.93.